The molecule has 1 amide bonds. The van der Waals surface area contributed by atoms with Gasteiger partial charge in [-0.25, -0.2) is 8.42 Å². The van der Waals surface area contributed by atoms with Gasteiger partial charge in [-0.15, -0.1) is 0 Å². The first kappa shape index (κ1) is 20.6. The number of carbonyl (C=O) groups is 1. The number of sulfonamides is 1. The largest absolute Gasteiger partial charge is 0.539 e. The van der Waals surface area contributed by atoms with Gasteiger partial charge in [0.15, 0.2) is 0 Å². The molecule has 152 valence electrons. The number of hydrogen-bond donors (Lipinski definition) is 1. The van der Waals surface area contributed by atoms with E-state index in [1.165, 1.54) is 24.3 Å². The highest BCUT2D eigenvalue weighted by Gasteiger charge is 2.11. The summed E-state index contributed by atoms with van der Waals surface area (Å²) in [7, 11) is -3.95. The first-order valence-electron chi connectivity index (χ1n) is 9.09. The third-order valence-electron chi connectivity index (χ3n) is 4.59. The van der Waals surface area contributed by atoms with Gasteiger partial charge in [0.2, 0.25) is 0 Å². The Morgan fingerprint density at radius 1 is 1.03 bits per heavy atom. The van der Waals surface area contributed by atoms with Gasteiger partial charge in [0, 0.05) is 11.3 Å². The summed E-state index contributed by atoms with van der Waals surface area (Å²) in [5, 5.41) is 6.46. The lowest BCUT2D eigenvalue weighted by atomic mass is 10.0. The number of aryl methyl sites for hydroxylation is 1. The van der Waals surface area contributed by atoms with Crippen LogP contribution >= 0.6 is 0 Å². The maximum absolute atomic E-state index is 12.5. The van der Waals surface area contributed by atoms with Crippen LogP contribution in [0.3, 0.4) is 0 Å². The van der Waals surface area contributed by atoms with Gasteiger partial charge in [0.25, 0.3) is 5.91 Å². The van der Waals surface area contributed by atoms with E-state index in [-0.39, 0.29) is 16.7 Å². The number of hydrogen-bond acceptors (Lipinski definition) is 5. The van der Waals surface area contributed by atoms with Crippen molar-refractivity contribution in [3.8, 4) is 0 Å². The van der Waals surface area contributed by atoms with Crippen molar-refractivity contribution in [2.24, 2.45) is 0 Å². The van der Waals surface area contributed by atoms with Crippen molar-refractivity contribution in [3.63, 3.8) is 0 Å². The van der Waals surface area contributed by atoms with Crippen LogP contribution < -0.4 is 5.32 Å². The minimum absolute atomic E-state index is 0.00904. The van der Waals surface area contributed by atoms with Crippen LogP contribution in [0.1, 0.15) is 46.9 Å². The van der Waals surface area contributed by atoms with Crippen molar-refractivity contribution in [1.29, 1.82) is 0 Å². The van der Waals surface area contributed by atoms with Gasteiger partial charge in [-0.1, -0.05) is 31.1 Å². The Morgan fingerprint density at radius 3 is 2.17 bits per heavy atom. The molecule has 0 fully saturated rings. The minimum atomic E-state index is -3.95. The van der Waals surface area contributed by atoms with E-state index in [2.05, 4.69) is 29.0 Å². The van der Waals surface area contributed by atoms with E-state index in [1.54, 1.807) is 26.0 Å². The van der Waals surface area contributed by atoms with Crippen LogP contribution in [0.2, 0.25) is 0 Å². The van der Waals surface area contributed by atoms with Gasteiger partial charge in [-0.3, -0.25) is 4.79 Å². The zero-order valence-electron chi connectivity index (χ0n) is 16.6. The fraction of sp³-hybridized carbons (Fsp3) is 0.238. The Bertz CT molecular complexity index is 1120. The minimum Gasteiger partial charge on any atom is -0.539 e. The van der Waals surface area contributed by atoms with E-state index in [9.17, 15) is 13.2 Å². The lowest BCUT2D eigenvalue weighted by Crippen LogP contribution is -2.12. The maximum Gasteiger partial charge on any atom is 0.255 e. The third kappa shape index (κ3) is 4.65. The topological polar surface area (TPSA) is 103 Å². The normalized spacial score (nSPS) is 11.5. The van der Waals surface area contributed by atoms with Crippen LogP contribution in [-0.2, 0) is 10.0 Å². The van der Waals surface area contributed by atoms with E-state index >= 15 is 0 Å². The van der Waals surface area contributed by atoms with Crippen LogP contribution in [-0.4, -0.2) is 19.5 Å². The van der Waals surface area contributed by atoms with Crippen molar-refractivity contribution < 1.29 is 17.7 Å². The number of benzene rings is 2. The second kappa shape index (κ2) is 8.08. The highest BCUT2D eigenvalue weighted by Crippen LogP contribution is 2.32. The van der Waals surface area contributed by atoms with E-state index < -0.39 is 10.0 Å². The highest BCUT2D eigenvalue weighted by molar-refractivity contribution is 7.94. The van der Waals surface area contributed by atoms with Gasteiger partial charge in [-0.05, 0) is 67.3 Å². The molecule has 0 aliphatic rings. The predicted molar refractivity (Wildman–Crippen MR) is 111 cm³/mol. The number of rotatable bonds is 6. The summed E-state index contributed by atoms with van der Waals surface area (Å²) in [6, 6.07) is 13.2. The molecule has 0 atom stereocenters. The zero-order chi connectivity index (χ0) is 21.2. The summed E-state index contributed by atoms with van der Waals surface area (Å²) in [5.41, 5.74) is 3.31. The molecule has 0 aliphatic carbocycles. The number of carbonyl (C=O) groups excluding carboxylic acids is 1. The molecule has 1 N–H and O–H groups in total. The Kier molecular flexibility index (Phi) is 5.74. The number of anilines is 1. The summed E-state index contributed by atoms with van der Waals surface area (Å²) in [4.78, 5) is 12.4. The first-order valence-corrected chi connectivity index (χ1v) is 10.5. The van der Waals surface area contributed by atoms with Gasteiger partial charge in [-0.2, -0.15) is 0 Å². The van der Waals surface area contributed by atoms with Crippen LogP contribution in [0.5, 0.6) is 0 Å². The van der Waals surface area contributed by atoms with Crippen LogP contribution in [0.15, 0.2) is 57.9 Å². The maximum atomic E-state index is 12.5. The molecule has 1 aromatic heterocycles. The summed E-state index contributed by atoms with van der Waals surface area (Å²) in [6.45, 7) is 7.56. The first-order chi connectivity index (χ1) is 13.7. The van der Waals surface area contributed by atoms with E-state index in [4.69, 9.17) is 4.52 Å². The molecule has 0 saturated carbocycles. The van der Waals surface area contributed by atoms with Crippen molar-refractivity contribution in [1.82, 2.24) is 5.16 Å². The number of amides is 1. The molecule has 8 heteroatoms. The van der Waals surface area contributed by atoms with Crippen LogP contribution in [0, 0.1) is 13.8 Å². The second-order valence-corrected chi connectivity index (χ2v) is 8.62. The monoisotopic (exact) mass is 412 g/mol. The molecule has 1 heterocycles. The van der Waals surface area contributed by atoms with Crippen LogP contribution in [0.25, 0.3) is 4.72 Å². The Balaban J connectivity index is 1.70. The fourth-order valence-electron chi connectivity index (χ4n) is 2.58. The van der Waals surface area contributed by atoms with Gasteiger partial charge in [0.1, 0.15) is 10.0 Å². The number of nitrogens with zero attached hydrogens (tertiary/aromatic N) is 2. The standard InChI is InChI=1S/C21H23N3O4S/c1-13(2)16-5-7-17(8-6-16)20(25)22-18-9-11-19(12-10-18)29(26,27)24-21-14(3)15(4)23-28-21/h5-13H,1-4H3,(H2,22,23,24,25)/p-1. The summed E-state index contributed by atoms with van der Waals surface area (Å²) < 4.78 is 33.6. The van der Waals surface area contributed by atoms with E-state index in [0.29, 0.717) is 28.4 Å². The third-order valence-corrected chi connectivity index (χ3v) is 5.86. The molecule has 7 nitrogen and oxygen atoms in total. The molecule has 0 saturated heterocycles. The quantitative estimate of drug-likeness (QED) is 0.609. The average Bonchev–Trinajstić information content (AvgIpc) is 3.00. The van der Waals surface area contributed by atoms with Crippen molar-refractivity contribution in [2.45, 2.75) is 38.5 Å². The summed E-state index contributed by atoms with van der Waals surface area (Å²) >= 11 is 0. The smallest absolute Gasteiger partial charge is 0.255 e. The zero-order valence-corrected chi connectivity index (χ0v) is 17.4. The van der Waals surface area contributed by atoms with Gasteiger partial charge < -0.3 is 14.6 Å². The summed E-state index contributed by atoms with van der Waals surface area (Å²) in [6.07, 6.45) is 0. The van der Waals surface area contributed by atoms with Crippen molar-refractivity contribution >= 4 is 27.5 Å². The Labute approximate surface area is 170 Å². The fourth-order valence-corrected chi connectivity index (χ4v) is 3.56. The Morgan fingerprint density at radius 2 is 1.66 bits per heavy atom. The molecular formula is C21H22N3O4S-. The second-order valence-electron chi connectivity index (χ2n) is 7.02. The van der Waals surface area contributed by atoms with Crippen molar-refractivity contribution in [2.75, 3.05) is 5.32 Å². The highest BCUT2D eigenvalue weighted by atomic mass is 32.2. The average molecular weight is 412 g/mol. The van der Waals surface area contributed by atoms with Gasteiger partial charge in [0.05, 0.1) is 16.5 Å². The van der Waals surface area contributed by atoms with E-state index in [1.807, 2.05) is 12.1 Å². The molecule has 0 aliphatic heterocycles. The van der Waals surface area contributed by atoms with E-state index in [0.717, 1.165) is 5.56 Å². The lowest BCUT2D eigenvalue weighted by Gasteiger charge is -2.19. The molecule has 0 unspecified atom stereocenters. The SMILES string of the molecule is Cc1noc([N-]S(=O)(=O)c2ccc(NC(=O)c3ccc(C(C)C)cc3)cc2)c1C. The molecule has 0 spiro atoms. The molecule has 2 aromatic carbocycles. The van der Waals surface area contributed by atoms with Crippen LogP contribution in [0.4, 0.5) is 11.6 Å². The molecule has 3 aromatic rings. The molecule has 0 radical (unpaired) electrons. The predicted octanol–water partition coefficient (Wildman–Crippen LogP) is 5.06. The number of aromatic nitrogens is 1. The summed E-state index contributed by atoms with van der Waals surface area (Å²) in [5.74, 6) is 0.0785. The Hall–Kier alpha value is -3.13. The lowest BCUT2D eigenvalue weighted by molar-refractivity contribution is 0.102. The number of nitrogens with one attached hydrogen (secondary N) is 1. The van der Waals surface area contributed by atoms with Crippen molar-refractivity contribution in [3.05, 3.63) is 75.6 Å². The molecular weight excluding hydrogens is 390 g/mol. The molecule has 0 bridgehead atoms. The van der Waals surface area contributed by atoms with Gasteiger partial charge >= 0.3 is 0 Å². The molecule has 3 rings (SSSR count). The molecule has 29 heavy (non-hydrogen) atoms.